The first-order valence-electron chi connectivity index (χ1n) is 9.58. The zero-order valence-electron chi connectivity index (χ0n) is 14.0. The average molecular weight is 282 g/mol. The quantitative estimate of drug-likeness (QED) is 0.423. The minimum Gasteiger partial charge on any atom is -0.328 e. The highest BCUT2D eigenvalue weighted by atomic mass is 14.6. The standard InChI is InChI=1S/C19H39N/c1-2-3-4-5-6-7-8-9-10-11-12-13-18-14-16-19(20)17-15-18/h18-19H,2-17,20H2,1H3. The van der Waals surface area contributed by atoms with Crippen LogP contribution in [0.4, 0.5) is 0 Å². The Labute approximate surface area is 128 Å². The molecule has 0 aromatic rings. The van der Waals surface area contributed by atoms with Crippen molar-refractivity contribution in [2.45, 2.75) is 116 Å². The molecular weight excluding hydrogens is 242 g/mol. The molecule has 1 aliphatic carbocycles. The third-order valence-corrected chi connectivity index (χ3v) is 5.11. The summed E-state index contributed by atoms with van der Waals surface area (Å²) >= 11 is 0. The minimum atomic E-state index is 0.517. The van der Waals surface area contributed by atoms with Gasteiger partial charge >= 0.3 is 0 Å². The van der Waals surface area contributed by atoms with E-state index in [1.165, 1.54) is 103 Å². The molecule has 2 N–H and O–H groups in total. The summed E-state index contributed by atoms with van der Waals surface area (Å²) in [7, 11) is 0. The molecular formula is C19H39N. The fourth-order valence-electron chi connectivity index (χ4n) is 3.57. The van der Waals surface area contributed by atoms with Crippen molar-refractivity contribution in [1.82, 2.24) is 0 Å². The number of rotatable bonds is 12. The fraction of sp³-hybridized carbons (Fsp3) is 1.00. The van der Waals surface area contributed by atoms with E-state index < -0.39 is 0 Å². The second kappa shape index (κ2) is 12.7. The predicted octanol–water partition coefficient (Wildman–Crippen LogP) is 6.21. The van der Waals surface area contributed by atoms with Crippen LogP contribution in [0.25, 0.3) is 0 Å². The van der Waals surface area contributed by atoms with E-state index in [0.717, 1.165) is 5.92 Å². The summed E-state index contributed by atoms with van der Waals surface area (Å²) in [6.07, 6.45) is 22.9. The van der Waals surface area contributed by atoms with Gasteiger partial charge in [-0.05, 0) is 31.6 Å². The molecule has 1 heteroatoms. The Morgan fingerprint density at radius 1 is 0.650 bits per heavy atom. The molecule has 1 rings (SSSR count). The van der Waals surface area contributed by atoms with Crippen LogP contribution < -0.4 is 5.73 Å². The van der Waals surface area contributed by atoms with E-state index in [4.69, 9.17) is 5.73 Å². The lowest BCUT2D eigenvalue weighted by Gasteiger charge is -2.25. The molecule has 0 spiro atoms. The van der Waals surface area contributed by atoms with E-state index >= 15 is 0 Å². The molecule has 1 fully saturated rings. The lowest BCUT2D eigenvalue weighted by atomic mass is 9.83. The lowest BCUT2D eigenvalue weighted by molar-refractivity contribution is 0.302. The van der Waals surface area contributed by atoms with Gasteiger partial charge in [-0.15, -0.1) is 0 Å². The third kappa shape index (κ3) is 9.80. The first-order chi connectivity index (χ1) is 9.83. The molecule has 120 valence electrons. The van der Waals surface area contributed by atoms with Gasteiger partial charge in [-0.3, -0.25) is 0 Å². The van der Waals surface area contributed by atoms with Crippen LogP contribution in [0.1, 0.15) is 110 Å². The van der Waals surface area contributed by atoms with Gasteiger partial charge < -0.3 is 5.73 Å². The Kier molecular flexibility index (Phi) is 11.4. The van der Waals surface area contributed by atoms with Gasteiger partial charge in [-0.2, -0.15) is 0 Å². The fourth-order valence-corrected chi connectivity index (χ4v) is 3.57. The zero-order chi connectivity index (χ0) is 14.5. The van der Waals surface area contributed by atoms with Crippen LogP contribution >= 0.6 is 0 Å². The highest BCUT2D eigenvalue weighted by Crippen LogP contribution is 2.27. The molecule has 0 aromatic heterocycles. The van der Waals surface area contributed by atoms with Crippen LogP contribution in [0.2, 0.25) is 0 Å². The van der Waals surface area contributed by atoms with Crippen molar-refractivity contribution in [1.29, 1.82) is 0 Å². The molecule has 0 aromatic carbocycles. The van der Waals surface area contributed by atoms with Gasteiger partial charge in [-0.1, -0.05) is 84.0 Å². The summed E-state index contributed by atoms with van der Waals surface area (Å²) < 4.78 is 0. The summed E-state index contributed by atoms with van der Waals surface area (Å²) in [5.41, 5.74) is 5.96. The highest BCUT2D eigenvalue weighted by molar-refractivity contribution is 4.74. The Balaban J connectivity index is 1.74. The molecule has 0 saturated heterocycles. The molecule has 20 heavy (non-hydrogen) atoms. The van der Waals surface area contributed by atoms with Crippen LogP contribution in [0.15, 0.2) is 0 Å². The van der Waals surface area contributed by atoms with Crippen LogP contribution in [0.3, 0.4) is 0 Å². The van der Waals surface area contributed by atoms with Crippen molar-refractivity contribution in [2.75, 3.05) is 0 Å². The van der Waals surface area contributed by atoms with E-state index in [9.17, 15) is 0 Å². The number of hydrogen-bond donors (Lipinski definition) is 1. The molecule has 1 nitrogen and oxygen atoms in total. The summed E-state index contributed by atoms with van der Waals surface area (Å²) in [6, 6.07) is 0.517. The maximum Gasteiger partial charge on any atom is 0.00390 e. The van der Waals surface area contributed by atoms with Crippen molar-refractivity contribution >= 4 is 0 Å². The monoisotopic (exact) mass is 281 g/mol. The zero-order valence-corrected chi connectivity index (χ0v) is 14.0. The Morgan fingerprint density at radius 2 is 1.10 bits per heavy atom. The van der Waals surface area contributed by atoms with E-state index in [-0.39, 0.29) is 0 Å². The minimum absolute atomic E-state index is 0.517. The maximum atomic E-state index is 5.96. The van der Waals surface area contributed by atoms with Gasteiger partial charge in [0, 0.05) is 6.04 Å². The summed E-state index contributed by atoms with van der Waals surface area (Å²) in [5.74, 6) is 1.01. The molecule has 0 bridgehead atoms. The van der Waals surface area contributed by atoms with Gasteiger partial charge in [0.1, 0.15) is 0 Å². The molecule has 0 radical (unpaired) electrons. The predicted molar refractivity (Wildman–Crippen MR) is 91.0 cm³/mol. The largest absolute Gasteiger partial charge is 0.328 e. The third-order valence-electron chi connectivity index (χ3n) is 5.11. The summed E-state index contributed by atoms with van der Waals surface area (Å²) in [4.78, 5) is 0. The maximum absolute atomic E-state index is 5.96. The normalized spacial score (nSPS) is 23.1. The van der Waals surface area contributed by atoms with Gasteiger partial charge in [0.25, 0.3) is 0 Å². The highest BCUT2D eigenvalue weighted by Gasteiger charge is 2.17. The van der Waals surface area contributed by atoms with Crippen molar-refractivity contribution < 1.29 is 0 Å². The summed E-state index contributed by atoms with van der Waals surface area (Å²) in [5, 5.41) is 0. The van der Waals surface area contributed by atoms with Gasteiger partial charge in [0.05, 0.1) is 0 Å². The lowest BCUT2D eigenvalue weighted by Crippen LogP contribution is -2.26. The second-order valence-electron chi connectivity index (χ2n) is 7.11. The smallest absolute Gasteiger partial charge is 0.00390 e. The summed E-state index contributed by atoms with van der Waals surface area (Å²) in [6.45, 7) is 2.29. The van der Waals surface area contributed by atoms with Crippen LogP contribution in [-0.2, 0) is 0 Å². The van der Waals surface area contributed by atoms with Crippen LogP contribution in [0.5, 0.6) is 0 Å². The van der Waals surface area contributed by atoms with Crippen LogP contribution in [0, 0.1) is 5.92 Å². The molecule has 0 heterocycles. The Morgan fingerprint density at radius 3 is 1.60 bits per heavy atom. The molecule has 1 saturated carbocycles. The average Bonchev–Trinajstić information content (AvgIpc) is 2.47. The Bertz CT molecular complexity index is 194. The molecule has 0 atom stereocenters. The SMILES string of the molecule is CCCCCCCCCCCCCC1CCC(N)CC1. The van der Waals surface area contributed by atoms with Crippen LogP contribution in [-0.4, -0.2) is 6.04 Å². The Hall–Kier alpha value is -0.0400. The van der Waals surface area contributed by atoms with E-state index in [2.05, 4.69) is 6.92 Å². The number of nitrogens with two attached hydrogens (primary N) is 1. The van der Waals surface area contributed by atoms with Crippen molar-refractivity contribution in [3.63, 3.8) is 0 Å². The van der Waals surface area contributed by atoms with Crippen molar-refractivity contribution in [3.05, 3.63) is 0 Å². The van der Waals surface area contributed by atoms with Gasteiger partial charge in [0.2, 0.25) is 0 Å². The van der Waals surface area contributed by atoms with Gasteiger partial charge in [0.15, 0.2) is 0 Å². The number of hydrogen-bond acceptors (Lipinski definition) is 1. The first-order valence-corrected chi connectivity index (χ1v) is 9.58. The van der Waals surface area contributed by atoms with Gasteiger partial charge in [-0.25, -0.2) is 0 Å². The molecule has 0 unspecified atom stereocenters. The van der Waals surface area contributed by atoms with Crippen molar-refractivity contribution in [2.24, 2.45) is 11.7 Å². The van der Waals surface area contributed by atoms with E-state index in [1.807, 2.05) is 0 Å². The molecule has 0 amide bonds. The van der Waals surface area contributed by atoms with Crippen molar-refractivity contribution in [3.8, 4) is 0 Å². The van der Waals surface area contributed by atoms with E-state index in [0.29, 0.717) is 6.04 Å². The second-order valence-corrected chi connectivity index (χ2v) is 7.11. The number of unbranched alkanes of at least 4 members (excludes halogenated alkanes) is 10. The first kappa shape index (κ1) is 18.0. The van der Waals surface area contributed by atoms with E-state index in [1.54, 1.807) is 0 Å². The molecule has 1 aliphatic rings. The molecule has 0 aliphatic heterocycles. The topological polar surface area (TPSA) is 26.0 Å².